The Kier molecular flexibility index (Phi) is 8.08. The first-order chi connectivity index (χ1) is 17.5. The molecular formula is C29H23IN2O4. The molecule has 0 unspecified atom stereocenters. The molecule has 7 heteroatoms. The molecule has 0 spiro atoms. The van der Waals surface area contributed by atoms with E-state index in [9.17, 15) is 10.1 Å². The largest absolute Gasteiger partial charge is 0.497 e. The normalized spacial score (nSPS) is 11.0. The first-order valence-electron chi connectivity index (χ1n) is 11.1. The molecule has 0 heterocycles. The van der Waals surface area contributed by atoms with Crippen molar-refractivity contribution in [1.82, 2.24) is 0 Å². The van der Waals surface area contributed by atoms with E-state index in [0.29, 0.717) is 35.1 Å². The van der Waals surface area contributed by atoms with Crippen molar-refractivity contribution < 1.29 is 19.0 Å². The maximum Gasteiger partial charge on any atom is 0.266 e. The minimum absolute atomic E-state index is 0.0416. The number of nitriles is 1. The lowest BCUT2D eigenvalue weighted by Gasteiger charge is -2.15. The molecule has 4 rings (SSSR count). The lowest BCUT2D eigenvalue weighted by molar-refractivity contribution is -0.112. The van der Waals surface area contributed by atoms with Gasteiger partial charge in [-0.15, -0.1) is 0 Å². The summed E-state index contributed by atoms with van der Waals surface area (Å²) in [5, 5.41) is 14.6. The quantitative estimate of drug-likeness (QED) is 0.142. The van der Waals surface area contributed by atoms with Crippen LogP contribution in [0.1, 0.15) is 11.1 Å². The van der Waals surface area contributed by atoms with Gasteiger partial charge < -0.3 is 19.5 Å². The molecule has 0 atom stereocenters. The second-order valence-corrected chi connectivity index (χ2v) is 8.98. The van der Waals surface area contributed by atoms with E-state index in [-0.39, 0.29) is 5.57 Å². The van der Waals surface area contributed by atoms with Gasteiger partial charge in [-0.1, -0.05) is 48.5 Å². The van der Waals surface area contributed by atoms with Crippen LogP contribution in [-0.2, 0) is 11.4 Å². The van der Waals surface area contributed by atoms with Crippen molar-refractivity contribution >= 4 is 51.0 Å². The molecule has 0 aromatic heterocycles. The summed E-state index contributed by atoms with van der Waals surface area (Å²) in [7, 11) is 3.11. The molecule has 1 N–H and O–H groups in total. The number of nitrogens with zero attached hydrogens (tertiary/aromatic N) is 1. The van der Waals surface area contributed by atoms with Gasteiger partial charge in [0.1, 0.15) is 24.0 Å². The van der Waals surface area contributed by atoms with Crippen LogP contribution >= 0.6 is 22.6 Å². The first-order valence-corrected chi connectivity index (χ1v) is 12.1. The molecular weight excluding hydrogens is 567 g/mol. The van der Waals surface area contributed by atoms with E-state index in [4.69, 9.17) is 14.2 Å². The molecule has 180 valence electrons. The molecule has 0 radical (unpaired) electrons. The topological polar surface area (TPSA) is 80.6 Å². The second kappa shape index (κ2) is 11.6. The Labute approximate surface area is 223 Å². The van der Waals surface area contributed by atoms with Gasteiger partial charge in [0.2, 0.25) is 0 Å². The molecule has 4 aromatic carbocycles. The van der Waals surface area contributed by atoms with Crippen LogP contribution in [0.25, 0.3) is 16.8 Å². The monoisotopic (exact) mass is 590 g/mol. The predicted molar refractivity (Wildman–Crippen MR) is 149 cm³/mol. The fraction of sp³-hybridized carbons (Fsp3) is 0.103. The van der Waals surface area contributed by atoms with Crippen molar-refractivity contribution in [2.45, 2.75) is 6.61 Å². The van der Waals surface area contributed by atoms with Gasteiger partial charge in [0.15, 0.2) is 11.5 Å². The minimum Gasteiger partial charge on any atom is -0.497 e. The summed E-state index contributed by atoms with van der Waals surface area (Å²) in [6, 6.07) is 26.8. The van der Waals surface area contributed by atoms with Crippen molar-refractivity contribution in [3.05, 3.63) is 99.1 Å². The van der Waals surface area contributed by atoms with Crippen molar-refractivity contribution in [1.29, 1.82) is 5.26 Å². The maximum atomic E-state index is 12.7. The Balaban J connectivity index is 1.56. The van der Waals surface area contributed by atoms with Crippen molar-refractivity contribution in [3.8, 4) is 23.3 Å². The van der Waals surface area contributed by atoms with E-state index >= 15 is 0 Å². The summed E-state index contributed by atoms with van der Waals surface area (Å²) < 4.78 is 17.7. The zero-order valence-electron chi connectivity index (χ0n) is 19.7. The smallest absolute Gasteiger partial charge is 0.266 e. The SMILES string of the molecule is COc1cccc(NC(=O)/C(C#N)=C/c2cc(I)c(OCc3cccc4ccccc34)c(OC)c2)c1. The number of rotatable bonds is 8. The van der Waals surface area contributed by atoms with Gasteiger partial charge in [-0.25, -0.2) is 0 Å². The number of nitrogens with one attached hydrogen (secondary N) is 1. The number of hydrogen-bond acceptors (Lipinski definition) is 5. The van der Waals surface area contributed by atoms with Crippen molar-refractivity contribution in [3.63, 3.8) is 0 Å². The third kappa shape index (κ3) is 5.78. The Morgan fingerprint density at radius 3 is 2.56 bits per heavy atom. The van der Waals surface area contributed by atoms with Crippen LogP contribution in [0.2, 0.25) is 0 Å². The van der Waals surface area contributed by atoms with E-state index < -0.39 is 5.91 Å². The standard InChI is InChI=1S/C29H23IN2O4/c1-34-24-11-6-10-23(16-24)32-29(33)22(17-31)13-19-14-26(30)28(27(15-19)35-2)36-18-21-9-5-8-20-7-3-4-12-25(20)21/h3-16H,18H2,1-2H3,(H,32,33)/b22-13+. The number of methoxy groups -OCH3 is 2. The summed E-state index contributed by atoms with van der Waals surface area (Å²) in [6.45, 7) is 0.370. The number of ether oxygens (including phenoxy) is 3. The average molecular weight is 590 g/mol. The number of carbonyl (C=O) groups is 1. The second-order valence-electron chi connectivity index (χ2n) is 7.82. The highest BCUT2D eigenvalue weighted by Gasteiger charge is 2.15. The van der Waals surface area contributed by atoms with Crippen molar-refractivity contribution in [2.24, 2.45) is 0 Å². The van der Waals surface area contributed by atoms with Gasteiger partial charge in [0.05, 0.1) is 17.8 Å². The number of halogens is 1. The number of hydrogen-bond donors (Lipinski definition) is 1. The van der Waals surface area contributed by atoms with Gasteiger partial charge in [0, 0.05) is 11.8 Å². The molecule has 0 saturated carbocycles. The highest BCUT2D eigenvalue weighted by Crippen LogP contribution is 2.35. The zero-order valence-corrected chi connectivity index (χ0v) is 21.9. The van der Waals surface area contributed by atoms with Crippen LogP contribution in [0.3, 0.4) is 0 Å². The van der Waals surface area contributed by atoms with E-state index in [0.717, 1.165) is 19.9 Å². The highest BCUT2D eigenvalue weighted by molar-refractivity contribution is 14.1. The van der Waals surface area contributed by atoms with E-state index in [1.807, 2.05) is 36.4 Å². The number of amides is 1. The maximum absolute atomic E-state index is 12.7. The van der Waals surface area contributed by atoms with Crippen molar-refractivity contribution in [2.75, 3.05) is 19.5 Å². The number of carbonyl (C=O) groups excluding carboxylic acids is 1. The number of anilines is 1. The highest BCUT2D eigenvalue weighted by atomic mass is 127. The summed E-state index contributed by atoms with van der Waals surface area (Å²) in [4.78, 5) is 12.7. The van der Waals surface area contributed by atoms with E-state index in [2.05, 4.69) is 46.1 Å². The third-order valence-corrected chi connectivity index (χ3v) is 6.31. The molecule has 36 heavy (non-hydrogen) atoms. The van der Waals surface area contributed by atoms with Crippen LogP contribution in [-0.4, -0.2) is 20.1 Å². The fourth-order valence-corrected chi connectivity index (χ4v) is 4.53. The number of fused-ring (bicyclic) bond motifs is 1. The molecule has 0 saturated heterocycles. The predicted octanol–water partition coefficient (Wildman–Crippen LogP) is 6.59. The third-order valence-electron chi connectivity index (χ3n) is 5.51. The Hall–Kier alpha value is -4.03. The fourth-order valence-electron chi connectivity index (χ4n) is 3.75. The van der Waals surface area contributed by atoms with Gasteiger partial charge in [-0.2, -0.15) is 5.26 Å². The van der Waals surface area contributed by atoms with Gasteiger partial charge in [0.25, 0.3) is 5.91 Å². The summed E-state index contributed by atoms with van der Waals surface area (Å²) in [6.07, 6.45) is 1.52. The summed E-state index contributed by atoms with van der Waals surface area (Å²) in [5.74, 6) is 1.20. The van der Waals surface area contributed by atoms with E-state index in [1.54, 1.807) is 44.6 Å². The molecule has 0 aliphatic heterocycles. The Bertz CT molecular complexity index is 1490. The van der Waals surface area contributed by atoms with Crippen LogP contribution in [0.15, 0.2) is 84.4 Å². The average Bonchev–Trinajstić information content (AvgIpc) is 2.90. The molecule has 0 bridgehead atoms. The lowest BCUT2D eigenvalue weighted by atomic mass is 10.1. The molecule has 1 amide bonds. The summed E-state index contributed by atoms with van der Waals surface area (Å²) in [5.41, 5.74) is 2.20. The molecule has 0 fully saturated rings. The molecule has 4 aromatic rings. The van der Waals surface area contributed by atoms with Crippen LogP contribution in [0, 0.1) is 14.9 Å². The van der Waals surface area contributed by atoms with Crippen LogP contribution in [0.4, 0.5) is 5.69 Å². The van der Waals surface area contributed by atoms with Gasteiger partial charge >= 0.3 is 0 Å². The molecule has 0 aliphatic rings. The molecule has 0 aliphatic carbocycles. The summed E-state index contributed by atoms with van der Waals surface area (Å²) >= 11 is 2.17. The minimum atomic E-state index is -0.518. The molecule has 6 nitrogen and oxygen atoms in total. The number of benzene rings is 4. The first kappa shape index (κ1) is 25.1. The zero-order chi connectivity index (χ0) is 25.5. The van der Waals surface area contributed by atoms with Gasteiger partial charge in [-0.05, 0) is 74.8 Å². The van der Waals surface area contributed by atoms with E-state index in [1.165, 1.54) is 6.08 Å². The Morgan fingerprint density at radius 2 is 1.78 bits per heavy atom. The van der Waals surface area contributed by atoms with Crippen LogP contribution < -0.4 is 19.5 Å². The van der Waals surface area contributed by atoms with Gasteiger partial charge in [-0.3, -0.25) is 4.79 Å². The Morgan fingerprint density at radius 1 is 1.00 bits per heavy atom. The van der Waals surface area contributed by atoms with Crippen LogP contribution in [0.5, 0.6) is 17.2 Å². The lowest BCUT2D eigenvalue weighted by Crippen LogP contribution is -2.13.